The number of allylic oxidation sites excluding steroid dienone is 2. The third kappa shape index (κ3) is 1.14. The zero-order chi connectivity index (χ0) is 5.82. The lowest BCUT2D eigenvalue weighted by Gasteiger charge is -2.06. The van der Waals surface area contributed by atoms with Gasteiger partial charge in [-0.15, -0.1) is 0 Å². The average molecular weight is 110 g/mol. The van der Waals surface area contributed by atoms with E-state index < -0.39 is 0 Å². The third-order valence-corrected chi connectivity index (χ3v) is 0.903. The van der Waals surface area contributed by atoms with Gasteiger partial charge in [0.1, 0.15) is 0 Å². The van der Waals surface area contributed by atoms with Crippen LogP contribution in [0.25, 0.3) is 0 Å². The molecule has 0 unspecified atom stereocenters. The van der Waals surface area contributed by atoms with E-state index >= 15 is 0 Å². The smallest absolute Gasteiger partial charge is 0.539 e. The van der Waals surface area contributed by atoms with E-state index in [0.29, 0.717) is 0 Å². The van der Waals surface area contributed by atoms with Crippen molar-refractivity contribution < 1.29 is 9.31 Å². The first-order valence-corrected chi connectivity index (χ1v) is 2.45. The molecule has 0 saturated heterocycles. The fraction of sp³-hybridized carbons (Fsp3) is 0.200. The molecule has 0 atom stereocenters. The minimum atomic E-state index is -0.181. The normalized spacial score (nSPS) is 16.4. The fourth-order valence-electron chi connectivity index (χ4n) is 0.503. The van der Waals surface area contributed by atoms with Crippen molar-refractivity contribution in [3.05, 3.63) is 24.4 Å². The summed E-state index contributed by atoms with van der Waals surface area (Å²) in [6.07, 6.45) is 5.31. The molecule has 0 aliphatic carbocycles. The Kier molecular flexibility index (Phi) is 1.75. The molecule has 0 saturated carbocycles. The molecule has 0 aromatic carbocycles. The van der Waals surface area contributed by atoms with Gasteiger partial charge < -0.3 is 9.31 Å². The van der Waals surface area contributed by atoms with Crippen LogP contribution in [0.2, 0.25) is 0 Å². The Hall–Kier alpha value is -0.695. The van der Waals surface area contributed by atoms with Crippen LogP contribution in [-0.2, 0) is 9.31 Å². The molecule has 3 heteroatoms. The molecule has 1 heterocycles. The van der Waals surface area contributed by atoms with Gasteiger partial charge in [0.25, 0.3) is 0 Å². The zero-order valence-corrected chi connectivity index (χ0v) is 4.70. The van der Waals surface area contributed by atoms with E-state index in [1.54, 1.807) is 13.4 Å². The number of rotatable bonds is 1. The zero-order valence-electron chi connectivity index (χ0n) is 4.70. The van der Waals surface area contributed by atoms with Gasteiger partial charge in [0.2, 0.25) is 0 Å². The van der Waals surface area contributed by atoms with Crippen LogP contribution in [0.3, 0.4) is 0 Å². The van der Waals surface area contributed by atoms with Crippen molar-refractivity contribution in [1.82, 2.24) is 0 Å². The summed E-state index contributed by atoms with van der Waals surface area (Å²) in [4.78, 5) is 0. The summed E-state index contributed by atoms with van der Waals surface area (Å²) in [5.41, 5.74) is 0. The standard InChI is InChI=1S/C5H7BO2/c1-7-6-4-2-3-5-8-6/h2-5H,1H3. The van der Waals surface area contributed by atoms with Crippen LogP contribution < -0.4 is 0 Å². The summed E-state index contributed by atoms with van der Waals surface area (Å²) in [6, 6.07) is 0. The molecular formula is C5H7BO2. The molecule has 42 valence electrons. The lowest BCUT2D eigenvalue weighted by atomic mass is 9.89. The Morgan fingerprint density at radius 2 is 2.38 bits per heavy atom. The molecule has 0 fully saturated rings. The minimum absolute atomic E-state index is 0.181. The summed E-state index contributed by atoms with van der Waals surface area (Å²) < 4.78 is 9.77. The Morgan fingerprint density at radius 1 is 1.50 bits per heavy atom. The van der Waals surface area contributed by atoms with Crippen molar-refractivity contribution in [3.8, 4) is 0 Å². The fourth-order valence-corrected chi connectivity index (χ4v) is 0.503. The number of hydrogen-bond acceptors (Lipinski definition) is 2. The van der Waals surface area contributed by atoms with Gasteiger partial charge in [-0.25, -0.2) is 0 Å². The maximum Gasteiger partial charge on any atom is 0.554 e. The maximum atomic E-state index is 4.94. The molecule has 0 aromatic rings. The molecule has 2 nitrogen and oxygen atoms in total. The van der Waals surface area contributed by atoms with Crippen LogP contribution in [0.4, 0.5) is 0 Å². The molecule has 0 N–H and O–H groups in total. The van der Waals surface area contributed by atoms with Crippen molar-refractivity contribution in [2.75, 3.05) is 7.11 Å². The highest BCUT2D eigenvalue weighted by molar-refractivity contribution is 6.51. The van der Waals surface area contributed by atoms with Gasteiger partial charge in [-0.2, -0.15) is 0 Å². The van der Waals surface area contributed by atoms with Crippen molar-refractivity contribution in [2.24, 2.45) is 0 Å². The second-order valence-electron chi connectivity index (χ2n) is 1.45. The van der Waals surface area contributed by atoms with Crippen LogP contribution in [-0.4, -0.2) is 14.2 Å². The van der Waals surface area contributed by atoms with Crippen LogP contribution in [0.5, 0.6) is 0 Å². The van der Waals surface area contributed by atoms with E-state index in [0.717, 1.165) is 0 Å². The highest BCUT2D eigenvalue weighted by Gasteiger charge is 2.11. The van der Waals surface area contributed by atoms with Gasteiger partial charge in [-0.3, -0.25) is 0 Å². The largest absolute Gasteiger partial charge is 0.554 e. The molecule has 8 heavy (non-hydrogen) atoms. The molecule has 0 bridgehead atoms. The van der Waals surface area contributed by atoms with E-state index in [4.69, 9.17) is 9.31 Å². The highest BCUT2D eigenvalue weighted by Crippen LogP contribution is 1.96. The summed E-state index contributed by atoms with van der Waals surface area (Å²) in [7, 11) is 1.42. The van der Waals surface area contributed by atoms with E-state index in [2.05, 4.69) is 0 Å². The lowest BCUT2D eigenvalue weighted by molar-refractivity contribution is 0.317. The van der Waals surface area contributed by atoms with Crippen molar-refractivity contribution in [1.29, 1.82) is 0 Å². The van der Waals surface area contributed by atoms with Crippen LogP contribution in [0, 0.1) is 0 Å². The topological polar surface area (TPSA) is 18.5 Å². The van der Waals surface area contributed by atoms with Gasteiger partial charge in [0.15, 0.2) is 0 Å². The third-order valence-electron chi connectivity index (χ3n) is 0.903. The Balaban J connectivity index is 2.40. The Bertz CT molecular complexity index is 120. The van der Waals surface area contributed by atoms with Gasteiger partial charge in [-0.05, 0) is 12.1 Å². The molecule has 0 amide bonds. The highest BCUT2D eigenvalue weighted by atomic mass is 16.6. The predicted molar refractivity (Wildman–Crippen MR) is 32.1 cm³/mol. The van der Waals surface area contributed by atoms with Gasteiger partial charge >= 0.3 is 7.12 Å². The monoisotopic (exact) mass is 110 g/mol. The maximum absolute atomic E-state index is 4.94. The molecule has 0 radical (unpaired) electrons. The Morgan fingerprint density at radius 3 is 2.75 bits per heavy atom. The number of hydrogen-bond donors (Lipinski definition) is 0. The van der Waals surface area contributed by atoms with Crippen LogP contribution >= 0.6 is 0 Å². The Labute approximate surface area is 48.9 Å². The van der Waals surface area contributed by atoms with Gasteiger partial charge in [0, 0.05) is 7.11 Å². The second-order valence-corrected chi connectivity index (χ2v) is 1.45. The lowest BCUT2D eigenvalue weighted by Crippen LogP contribution is -2.16. The molecule has 0 spiro atoms. The quantitative estimate of drug-likeness (QED) is 0.464. The first-order chi connectivity index (χ1) is 3.93. The second kappa shape index (κ2) is 2.57. The van der Waals surface area contributed by atoms with E-state index in [1.807, 2.05) is 18.1 Å². The minimum Gasteiger partial charge on any atom is -0.539 e. The summed E-state index contributed by atoms with van der Waals surface area (Å²) in [6.45, 7) is 0. The predicted octanol–water partition coefficient (Wildman–Crippen LogP) is 0.760. The van der Waals surface area contributed by atoms with E-state index in [9.17, 15) is 0 Å². The SMILES string of the molecule is COB1C=CC=CO1. The van der Waals surface area contributed by atoms with Gasteiger partial charge in [0.05, 0.1) is 6.26 Å². The van der Waals surface area contributed by atoms with E-state index in [-0.39, 0.29) is 7.12 Å². The first kappa shape index (κ1) is 5.44. The molecule has 1 aliphatic heterocycles. The molecule has 1 aliphatic rings. The first-order valence-electron chi connectivity index (χ1n) is 2.45. The van der Waals surface area contributed by atoms with E-state index in [1.165, 1.54) is 0 Å². The van der Waals surface area contributed by atoms with Crippen LogP contribution in [0.15, 0.2) is 24.4 Å². The average Bonchev–Trinajstić information content (AvgIpc) is 1.90. The molecular weight excluding hydrogens is 103 g/mol. The van der Waals surface area contributed by atoms with Crippen molar-refractivity contribution in [2.45, 2.75) is 0 Å². The summed E-state index contributed by atoms with van der Waals surface area (Å²) >= 11 is 0. The summed E-state index contributed by atoms with van der Waals surface area (Å²) in [5, 5.41) is 0. The summed E-state index contributed by atoms with van der Waals surface area (Å²) in [5.74, 6) is 1.83. The molecule has 1 rings (SSSR count). The van der Waals surface area contributed by atoms with Crippen LogP contribution in [0.1, 0.15) is 0 Å². The van der Waals surface area contributed by atoms with Crippen molar-refractivity contribution in [3.63, 3.8) is 0 Å². The molecule has 0 aromatic heterocycles. The van der Waals surface area contributed by atoms with Gasteiger partial charge in [-0.1, -0.05) is 6.08 Å². The van der Waals surface area contributed by atoms with Crippen molar-refractivity contribution >= 4 is 7.12 Å².